The van der Waals surface area contributed by atoms with Crippen LogP contribution in [0.4, 0.5) is 0 Å². The molecule has 0 saturated heterocycles. The van der Waals surface area contributed by atoms with Crippen LogP contribution in [0.5, 0.6) is 0 Å². The van der Waals surface area contributed by atoms with Crippen LogP contribution < -0.4 is 0 Å². The summed E-state index contributed by atoms with van der Waals surface area (Å²) in [5.74, 6) is 0. The van der Waals surface area contributed by atoms with E-state index in [0.717, 1.165) is 0 Å². The van der Waals surface area contributed by atoms with Crippen LogP contribution in [-0.2, 0) is 6.81 Å². The Morgan fingerprint density at radius 2 is 0.625 bits per heavy atom. The Morgan fingerprint density at radius 1 is 0.625 bits per heavy atom. The third kappa shape index (κ3) is 57.5. The van der Waals surface area contributed by atoms with Crippen LogP contribution in [0, 0.1) is 0 Å². The summed E-state index contributed by atoms with van der Waals surface area (Å²) in [6.45, 7) is -5.33. The first-order chi connectivity index (χ1) is 2.45. The molecular formula is HCl6IrNa. The molecule has 0 saturated carbocycles. The molecule has 0 aromatic heterocycles. The van der Waals surface area contributed by atoms with Crippen molar-refractivity contribution in [1.29, 1.82) is 0 Å². The molecule has 0 unspecified atom stereocenters. The number of hydrogen-bond donors (Lipinski definition) is 0. The summed E-state index contributed by atoms with van der Waals surface area (Å²) in [6, 6.07) is 0. The monoisotopic (exact) mass is 427 g/mol. The molecule has 0 fully saturated rings. The van der Waals surface area contributed by atoms with Crippen molar-refractivity contribution in [3.05, 3.63) is 0 Å². The summed E-state index contributed by atoms with van der Waals surface area (Å²) in [6.07, 6.45) is 0. The summed E-state index contributed by atoms with van der Waals surface area (Å²) in [5.41, 5.74) is 0. The van der Waals surface area contributed by atoms with Gasteiger partial charge in [0.05, 0.1) is 0 Å². The van der Waals surface area contributed by atoms with E-state index in [9.17, 15) is 0 Å². The normalized spacial score (nSPS) is 20.2. The van der Waals surface area contributed by atoms with Crippen molar-refractivity contribution < 1.29 is 6.81 Å². The summed E-state index contributed by atoms with van der Waals surface area (Å²) in [4.78, 5) is 0. The van der Waals surface area contributed by atoms with Crippen molar-refractivity contribution in [3.8, 4) is 0 Å². The Kier molecular flexibility index (Phi) is 4.72. The van der Waals surface area contributed by atoms with Crippen molar-refractivity contribution in [1.82, 2.24) is 0 Å². The number of hydrogen-bond acceptors (Lipinski definition) is 0. The quantitative estimate of drug-likeness (QED) is 0.518. The molecule has 0 nitrogen and oxygen atoms in total. The molecule has 0 aromatic rings. The van der Waals surface area contributed by atoms with Gasteiger partial charge in [-0.15, -0.1) is 0 Å². The van der Waals surface area contributed by atoms with E-state index in [-0.39, 0.29) is 29.6 Å². The maximum absolute atomic E-state index is 5.33. The molecule has 0 amide bonds. The van der Waals surface area contributed by atoms with Gasteiger partial charge in [-0.3, -0.25) is 0 Å². The molecule has 8 heavy (non-hydrogen) atoms. The standard InChI is InChI=1S/6ClH.Ir.Na.H/h6*1H;;;/q;;;;;;+6;;/p-6. The van der Waals surface area contributed by atoms with E-state index in [0.29, 0.717) is 0 Å². The molecule has 0 heterocycles. The molecule has 0 rings (SSSR count). The van der Waals surface area contributed by atoms with Crippen molar-refractivity contribution in [3.63, 3.8) is 0 Å². The van der Waals surface area contributed by atoms with Gasteiger partial charge in [-0.2, -0.15) is 0 Å². The zero-order chi connectivity index (χ0) is 6.41. The first kappa shape index (κ1) is 13.9. The van der Waals surface area contributed by atoms with E-state index in [1.54, 1.807) is 0 Å². The van der Waals surface area contributed by atoms with Crippen LogP contribution in [0.3, 0.4) is 0 Å². The van der Waals surface area contributed by atoms with Gasteiger partial charge in [-0.05, 0) is 0 Å². The Morgan fingerprint density at radius 3 is 0.625 bits per heavy atom. The summed E-state index contributed by atoms with van der Waals surface area (Å²) < 4.78 is 0. The second-order valence-corrected chi connectivity index (χ2v) is 52.6. The van der Waals surface area contributed by atoms with E-state index in [1.807, 2.05) is 0 Å². The van der Waals surface area contributed by atoms with E-state index in [1.165, 1.54) is 0 Å². The first-order valence-corrected chi connectivity index (χ1v) is 18.6. The van der Waals surface area contributed by atoms with Crippen LogP contribution >= 0.6 is 57.5 Å². The van der Waals surface area contributed by atoms with Crippen LogP contribution in [0.25, 0.3) is 0 Å². The third-order valence-corrected chi connectivity index (χ3v) is 0. The van der Waals surface area contributed by atoms with Gasteiger partial charge < -0.3 is 0 Å². The van der Waals surface area contributed by atoms with Gasteiger partial charge >= 0.3 is 93.9 Å². The maximum atomic E-state index is 5.06. The zero-order valence-electron chi connectivity index (χ0n) is 2.60. The molecule has 0 aromatic carbocycles. The molecule has 0 N–H and O–H groups in total. The fraction of sp³-hybridized carbons (Fsp3) is 0. The average Bonchev–Trinajstić information content (AvgIpc) is 0.592. The van der Waals surface area contributed by atoms with Gasteiger partial charge in [0.25, 0.3) is 0 Å². The van der Waals surface area contributed by atoms with Crippen LogP contribution in [-0.4, -0.2) is 29.6 Å². The van der Waals surface area contributed by atoms with Gasteiger partial charge in [0.1, 0.15) is 0 Å². The molecule has 0 aliphatic heterocycles. The summed E-state index contributed by atoms with van der Waals surface area (Å²) in [7, 11) is 30.3. The fourth-order valence-electron chi connectivity index (χ4n) is 0. The Hall–Kier alpha value is 3.39. The van der Waals surface area contributed by atoms with Gasteiger partial charge in [-0.25, -0.2) is 0 Å². The minimum atomic E-state index is -5.33. The van der Waals surface area contributed by atoms with Gasteiger partial charge in [0.15, 0.2) is 0 Å². The molecule has 0 bridgehead atoms. The van der Waals surface area contributed by atoms with Gasteiger partial charge in [0, 0.05) is 0 Å². The van der Waals surface area contributed by atoms with E-state index in [4.69, 9.17) is 57.5 Å². The van der Waals surface area contributed by atoms with Gasteiger partial charge in [-0.1, -0.05) is 0 Å². The Labute approximate surface area is 91.9 Å². The topological polar surface area (TPSA) is 0 Å². The predicted octanol–water partition coefficient (Wildman–Crippen LogP) is 3.49. The van der Waals surface area contributed by atoms with Gasteiger partial charge in [0.2, 0.25) is 0 Å². The summed E-state index contributed by atoms with van der Waals surface area (Å²) >= 11 is 0. The predicted molar refractivity (Wildman–Crippen MR) is 42.3 cm³/mol. The van der Waals surface area contributed by atoms with E-state index in [2.05, 4.69) is 0 Å². The molecular weight excluding hydrogens is 428 g/mol. The van der Waals surface area contributed by atoms with E-state index < -0.39 is 6.81 Å². The first-order valence-electron chi connectivity index (χ1n) is 0.756. The third-order valence-electron chi connectivity index (χ3n) is 0. The van der Waals surface area contributed by atoms with Crippen molar-refractivity contribution in [2.45, 2.75) is 0 Å². The fourth-order valence-corrected chi connectivity index (χ4v) is 0. The molecule has 0 radical (unpaired) electrons. The van der Waals surface area contributed by atoms with Crippen LogP contribution in [0.1, 0.15) is 0 Å². The molecule has 0 aliphatic carbocycles. The van der Waals surface area contributed by atoms with Crippen LogP contribution in [0.2, 0.25) is 0 Å². The minimum absolute atomic E-state index is 0. The van der Waals surface area contributed by atoms with Crippen molar-refractivity contribution >= 4 is 87.1 Å². The Balaban J connectivity index is 0. The van der Waals surface area contributed by atoms with Crippen molar-refractivity contribution in [2.24, 2.45) is 0 Å². The number of rotatable bonds is 0. The molecule has 0 atom stereocenters. The molecule has 0 spiro atoms. The van der Waals surface area contributed by atoms with E-state index >= 15 is 0 Å². The summed E-state index contributed by atoms with van der Waals surface area (Å²) in [5, 5.41) is 0. The molecule has 8 heteroatoms. The second kappa shape index (κ2) is 2.71. The van der Waals surface area contributed by atoms with Crippen LogP contribution in [0.15, 0.2) is 0 Å². The SMILES string of the molecule is [Cl][Ir]([Cl])([Cl])([Cl])([Cl])[Cl].[NaH]. The molecule has 0 aliphatic rings. The number of halogens is 6. The van der Waals surface area contributed by atoms with Crippen molar-refractivity contribution in [2.75, 3.05) is 0 Å². The average molecular weight is 429 g/mol. The zero-order valence-corrected chi connectivity index (χ0v) is 9.53. The Bertz CT molecular complexity index is 67.1. The second-order valence-electron chi connectivity index (χ2n) is 0.714. The molecule has 53 valence electrons.